The number of furan rings is 1. The van der Waals surface area contributed by atoms with E-state index in [1.165, 1.54) is 11.2 Å². The number of aromatic nitrogens is 2. The number of hydrogen-bond donors (Lipinski definition) is 0. The Kier molecular flexibility index (Phi) is 4.37. The SMILES string of the molecule is O=C(c1ccco1)N(c1ccccc1)c1nnc(-c2ccc(Br)cc2)o1. The van der Waals surface area contributed by atoms with Gasteiger partial charge in [-0.05, 0) is 48.5 Å². The first-order valence-corrected chi connectivity index (χ1v) is 8.54. The summed E-state index contributed by atoms with van der Waals surface area (Å²) >= 11 is 3.39. The largest absolute Gasteiger partial charge is 0.459 e. The Morgan fingerprint density at radius 3 is 2.38 bits per heavy atom. The molecule has 4 rings (SSSR count). The van der Waals surface area contributed by atoms with Crippen LogP contribution in [0.5, 0.6) is 0 Å². The molecule has 4 aromatic rings. The Morgan fingerprint density at radius 2 is 1.69 bits per heavy atom. The van der Waals surface area contributed by atoms with Gasteiger partial charge in [0, 0.05) is 10.0 Å². The van der Waals surface area contributed by atoms with Gasteiger partial charge in [-0.15, -0.1) is 5.10 Å². The van der Waals surface area contributed by atoms with Gasteiger partial charge in [0.05, 0.1) is 12.0 Å². The molecule has 0 unspecified atom stereocenters. The number of rotatable bonds is 4. The number of para-hydroxylation sites is 1. The zero-order valence-electron chi connectivity index (χ0n) is 13.4. The van der Waals surface area contributed by atoms with Crippen LogP contribution in [-0.4, -0.2) is 16.1 Å². The molecule has 1 amide bonds. The fraction of sp³-hybridized carbons (Fsp3) is 0. The van der Waals surface area contributed by atoms with Gasteiger partial charge in [-0.25, -0.2) is 4.90 Å². The van der Waals surface area contributed by atoms with Crippen LogP contribution in [0.2, 0.25) is 0 Å². The average molecular weight is 410 g/mol. The standard InChI is InChI=1S/C19H12BrN3O3/c20-14-10-8-13(9-11-14)17-21-22-19(26-17)23(15-5-2-1-3-6-15)18(24)16-7-4-12-25-16/h1-12H. The van der Waals surface area contributed by atoms with Crippen molar-refractivity contribution in [2.45, 2.75) is 0 Å². The van der Waals surface area contributed by atoms with Gasteiger partial charge in [0.2, 0.25) is 5.89 Å². The lowest BCUT2D eigenvalue weighted by Gasteiger charge is -2.16. The van der Waals surface area contributed by atoms with Crippen LogP contribution >= 0.6 is 15.9 Å². The van der Waals surface area contributed by atoms with Gasteiger partial charge in [-0.3, -0.25) is 4.79 Å². The van der Waals surface area contributed by atoms with E-state index in [1.54, 1.807) is 24.3 Å². The van der Waals surface area contributed by atoms with Crippen molar-refractivity contribution < 1.29 is 13.6 Å². The topological polar surface area (TPSA) is 72.4 Å². The first kappa shape index (κ1) is 16.3. The summed E-state index contributed by atoms with van der Waals surface area (Å²) in [6, 6.07) is 19.8. The molecular weight excluding hydrogens is 398 g/mol. The number of hydrogen-bond acceptors (Lipinski definition) is 5. The lowest BCUT2D eigenvalue weighted by atomic mass is 10.2. The summed E-state index contributed by atoms with van der Waals surface area (Å²) < 4.78 is 12.0. The molecular formula is C19H12BrN3O3. The van der Waals surface area contributed by atoms with E-state index in [0.29, 0.717) is 11.6 Å². The predicted molar refractivity (Wildman–Crippen MR) is 99.1 cm³/mol. The quantitative estimate of drug-likeness (QED) is 0.470. The highest BCUT2D eigenvalue weighted by molar-refractivity contribution is 9.10. The van der Waals surface area contributed by atoms with E-state index in [9.17, 15) is 4.79 Å². The van der Waals surface area contributed by atoms with Crippen LogP contribution in [0.1, 0.15) is 10.6 Å². The lowest BCUT2D eigenvalue weighted by molar-refractivity contribution is 0.0968. The molecule has 0 spiro atoms. The molecule has 7 heteroatoms. The average Bonchev–Trinajstić information content (AvgIpc) is 3.36. The fourth-order valence-corrected chi connectivity index (χ4v) is 2.68. The maximum atomic E-state index is 12.9. The van der Waals surface area contributed by atoms with Crippen LogP contribution in [0.25, 0.3) is 11.5 Å². The van der Waals surface area contributed by atoms with E-state index in [2.05, 4.69) is 26.1 Å². The summed E-state index contributed by atoms with van der Waals surface area (Å²) in [4.78, 5) is 14.2. The highest BCUT2D eigenvalue weighted by atomic mass is 79.9. The second-order valence-electron chi connectivity index (χ2n) is 5.35. The van der Waals surface area contributed by atoms with E-state index in [-0.39, 0.29) is 11.8 Å². The van der Waals surface area contributed by atoms with Crippen molar-refractivity contribution in [3.8, 4) is 11.5 Å². The molecule has 2 aromatic carbocycles. The first-order chi connectivity index (χ1) is 12.7. The molecule has 0 fully saturated rings. The van der Waals surface area contributed by atoms with Gasteiger partial charge in [0.25, 0.3) is 0 Å². The van der Waals surface area contributed by atoms with Crippen molar-refractivity contribution in [1.29, 1.82) is 0 Å². The van der Waals surface area contributed by atoms with E-state index in [0.717, 1.165) is 10.0 Å². The fourth-order valence-electron chi connectivity index (χ4n) is 2.42. The summed E-state index contributed by atoms with van der Waals surface area (Å²) in [5.41, 5.74) is 1.35. The molecule has 0 aliphatic carbocycles. The Balaban J connectivity index is 1.75. The highest BCUT2D eigenvalue weighted by Gasteiger charge is 2.27. The van der Waals surface area contributed by atoms with E-state index in [4.69, 9.17) is 8.83 Å². The van der Waals surface area contributed by atoms with Crippen molar-refractivity contribution in [2.75, 3.05) is 4.90 Å². The van der Waals surface area contributed by atoms with Crippen LogP contribution in [0, 0.1) is 0 Å². The van der Waals surface area contributed by atoms with E-state index < -0.39 is 5.91 Å². The van der Waals surface area contributed by atoms with Gasteiger partial charge < -0.3 is 8.83 Å². The second kappa shape index (κ2) is 6.97. The number of benzene rings is 2. The number of carbonyl (C=O) groups is 1. The summed E-state index contributed by atoms with van der Waals surface area (Å²) in [6.45, 7) is 0. The molecule has 0 radical (unpaired) electrons. The Bertz CT molecular complexity index is 1010. The molecule has 2 heterocycles. The normalized spacial score (nSPS) is 10.7. The molecule has 0 saturated heterocycles. The molecule has 0 bridgehead atoms. The van der Waals surface area contributed by atoms with Gasteiger partial charge >= 0.3 is 11.9 Å². The Morgan fingerprint density at radius 1 is 0.923 bits per heavy atom. The maximum Gasteiger partial charge on any atom is 0.330 e. The smallest absolute Gasteiger partial charge is 0.330 e. The number of anilines is 2. The van der Waals surface area contributed by atoms with Crippen molar-refractivity contribution in [3.63, 3.8) is 0 Å². The van der Waals surface area contributed by atoms with Crippen molar-refractivity contribution >= 4 is 33.5 Å². The zero-order valence-corrected chi connectivity index (χ0v) is 15.0. The number of nitrogens with zero attached hydrogens (tertiary/aromatic N) is 3. The molecule has 128 valence electrons. The van der Waals surface area contributed by atoms with Crippen molar-refractivity contribution in [1.82, 2.24) is 10.2 Å². The molecule has 2 aromatic heterocycles. The van der Waals surface area contributed by atoms with Crippen LogP contribution in [0.4, 0.5) is 11.7 Å². The highest BCUT2D eigenvalue weighted by Crippen LogP contribution is 2.29. The Labute approximate surface area is 157 Å². The third-order valence-electron chi connectivity index (χ3n) is 3.65. The number of carbonyl (C=O) groups excluding carboxylic acids is 1. The zero-order chi connectivity index (χ0) is 17.9. The lowest BCUT2D eigenvalue weighted by Crippen LogP contribution is -2.25. The minimum absolute atomic E-state index is 0.0653. The minimum Gasteiger partial charge on any atom is -0.459 e. The van der Waals surface area contributed by atoms with E-state index in [1.807, 2.05) is 42.5 Å². The van der Waals surface area contributed by atoms with Crippen LogP contribution < -0.4 is 4.90 Å². The molecule has 0 aliphatic heterocycles. The number of halogens is 1. The van der Waals surface area contributed by atoms with Crippen LogP contribution in [0.3, 0.4) is 0 Å². The molecule has 6 nitrogen and oxygen atoms in total. The molecule has 0 saturated carbocycles. The van der Waals surface area contributed by atoms with Crippen LogP contribution in [0.15, 0.2) is 86.3 Å². The first-order valence-electron chi connectivity index (χ1n) is 7.75. The van der Waals surface area contributed by atoms with Crippen molar-refractivity contribution in [3.05, 3.63) is 83.2 Å². The second-order valence-corrected chi connectivity index (χ2v) is 6.27. The summed E-state index contributed by atoms with van der Waals surface area (Å²) in [6.07, 6.45) is 1.44. The predicted octanol–water partition coefficient (Wildman–Crippen LogP) is 5.07. The number of amides is 1. The third-order valence-corrected chi connectivity index (χ3v) is 4.17. The summed E-state index contributed by atoms with van der Waals surface area (Å²) in [7, 11) is 0. The minimum atomic E-state index is -0.396. The van der Waals surface area contributed by atoms with Crippen molar-refractivity contribution in [2.24, 2.45) is 0 Å². The molecule has 0 aliphatic rings. The van der Waals surface area contributed by atoms with Gasteiger partial charge in [-0.1, -0.05) is 39.2 Å². The Hall–Kier alpha value is -3.19. The summed E-state index contributed by atoms with van der Waals surface area (Å²) in [5, 5.41) is 8.13. The van der Waals surface area contributed by atoms with Gasteiger partial charge in [0.1, 0.15) is 0 Å². The van der Waals surface area contributed by atoms with E-state index >= 15 is 0 Å². The van der Waals surface area contributed by atoms with Gasteiger partial charge in [0.15, 0.2) is 5.76 Å². The molecule has 0 atom stereocenters. The van der Waals surface area contributed by atoms with Crippen LogP contribution in [-0.2, 0) is 0 Å². The monoisotopic (exact) mass is 409 g/mol. The molecule has 26 heavy (non-hydrogen) atoms. The third kappa shape index (κ3) is 3.16. The summed E-state index contributed by atoms with van der Waals surface area (Å²) in [5.74, 6) is 0.102. The molecule has 0 N–H and O–H groups in total. The maximum absolute atomic E-state index is 12.9. The van der Waals surface area contributed by atoms with Gasteiger partial charge in [-0.2, -0.15) is 0 Å².